The van der Waals surface area contributed by atoms with Gasteiger partial charge in [-0.1, -0.05) is 0 Å². The third-order valence-corrected chi connectivity index (χ3v) is 1.75. The first kappa shape index (κ1) is 7.50. The van der Waals surface area contributed by atoms with Crippen LogP contribution in [0.5, 0.6) is 0 Å². The summed E-state index contributed by atoms with van der Waals surface area (Å²) in [5.41, 5.74) is 0. The van der Waals surface area contributed by atoms with Gasteiger partial charge in [-0.3, -0.25) is 4.79 Å². The van der Waals surface area contributed by atoms with E-state index >= 15 is 0 Å². The van der Waals surface area contributed by atoms with Gasteiger partial charge in [0.15, 0.2) is 5.79 Å². The van der Waals surface area contributed by atoms with E-state index in [1.54, 1.807) is 0 Å². The normalized spacial score (nSPS) is 28.0. The SMILES string of the molecule is O=C(O)CCC1CC1(O)O. The van der Waals surface area contributed by atoms with Crippen LogP contribution in [0.25, 0.3) is 0 Å². The second kappa shape index (κ2) is 2.21. The lowest BCUT2D eigenvalue weighted by Gasteiger charge is -1.97. The molecule has 58 valence electrons. The Balaban J connectivity index is 2.13. The van der Waals surface area contributed by atoms with Crippen molar-refractivity contribution >= 4 is 5.97 Å². The number of hydrogen-bond donors (Lipinski definition) is 3. The van der Waals surface area contributed by atoms with Gasteiger partial charge in [0, 0.05) is 18.8 Å². The molecular formula is C6H10O4. The van der Waals surface area contributed by atoms with E-state index in [1.807, 2.05) is 0 Å². The Kier molecular flexibility index (Phi) is 1.66. The van der Waals surface area contributed by atoms with E-state index in [4.69, 9.17) is 15.3 Å². The van der Waals surface area contributed by atoms with E-state index in [2.05, 4.69) is 0 Å². The van der Waals surface area contributed by atoms with E-state index in [9.17, 15) is 4.79 Å². The Bertz CT molecular complexity index is 152. The monoisotopic (exact) mass is 146 g/mol. The largest absolute Gasteiger partial charge is 0.481 e. The lowest BCUT2D eigenvalue weighted by molar-refractivity contribution is -0.137. The predicted molar refractivity (Wildman–Crippen MR) is 32.1 cm³/mol. The fourth-order valence-corrected chi connectivity index (χ4v) is 0.935. The lowest BCUT2D eigenvalue weighted by Crippen LogP contribution is -2.09. The average Bonchev–Trinajstić information content (AvgIpc) is 2.35. The molecule has 4 heteroatoms. The van der Waals surface area contributed by atoms with Crippen LogP contribution in [0.1, 0.15) is 19.3 Å². The Morgan fingerprint density at radius 3 is 2.40 bits per heavy atom. The standard InChI is InChI=1S/C6H10O4/c7-5(8)2-1-4-3-6(4,9)10/h4,9-10H,1-3H2,(H,7,8). The van der Waals surface area contributed by atoms with Crippen LogP contribution in [0.3, 0.4) is 0 Å². The van der Waals surface area contributed by atoms with Crippen molar-refractivity contribution in [1.29, 1.82) is 0 Å². The molecular weight excluding hydrogens is 136 g/mol. The molecule has 0 radical (unpaired) electrons. The van der Waals surface area contributed by atoms with Crippen LogP contribution in [0.2, 0.25) is 0 Å². The Morgan fingerprint density at radius 2 is 2.10 bits per heavy atom. The molecule has 4 nitrogen and oxygen atoms in total. The summed E-state index contributed by atoms with van der Waals surface area (Å²) in [6, 6.07) is 0. The zero-order valence-corrected chi connectivity index (χ0v) is 5.45. The summed E-state index contributed by atoms with van der Waals surface area (Å²) < 4.78 is 0. The summed E-state index contributed by atoms with van der Waals surface area (Å²) in [7, 11) is 0. The summed E-state index contributed by atoms with van der Waals surface area (Å²) in [5.74, 6) is -2.67. The van der Waals surface area contributed by atoms with Crippen LogP contribution in [0.4, 0.5) is 0 Å². The molecule has 0 aromatic heterocycles. The van der Waals surface area contributed by atoms with Crippen molar-refractivity contribution in [1.82, 2.24) is 0 Å². The van der Waals surface area contributed by atoms with Gasteiger partial charge in [0.05, 0.1) is 0 Å². The summed E-state index contributed by atoms with van der Waals surface area (Å²) in [5, 5.41) is 25.7. The van der Waals surface area contributed by atoms with Gasteiger partial charge in [-0.05, 0) is 6.42 Å². The van der Waals surface area contributed by atoms with Gasteiger partial charge in [-0.15, -0.1) is 0 Å². The van der Waals surface area contributed by atoms with Gasteiger partial charge in [0.2, 0.25) is 0 Å². The minimum atomic E-state index is -1.56. The molecule has 10 heavy (non-hydrogen) atoms. The van der Waals surface area contributed by atoms with Crippen molar-refractivity contribution in [2.45, 2.75) is 25.0 Å². The zero-order chi connectivity index (χ0) is 7.78. The maximum atomic E-state index is 9.98. The molecule has 1 rings (SSSR count). The van der Waals surface area contributed by atoms with Gasteiger partial charge in [0.1, 0.15) is 0 Å². The maximum absolute atomic E-state index is 9.98. The number of carboxylic acids is 1. The molecule has 0 aromatic carbocycles. The minimum absolute atomic E-state index is 0.0214. The summed E-state index contributed by atoms with van der Waals surface area (Å²) >= 11 is 0. The van der Waals surface area contributed by atoms with Gasteiger partial charge >= 0.3 is 5.97 Å². The molecule has 1 aliphatic carbocycles. The number of carboxylic acid groups (broad SMARTS) is 1. The van der Waals surface area contributed by atoms with Crippen molar-refractivity contribution in [3.8, 4) is 0 Å². The number of aliphatic carboxylic acids is 1. The highest BCUT2D eigenvalue weighted by molar-refractivity contribution is 5.66. The van der Waals surface area contributed by atoms with E-state index < -0.39 is 11.8 Å². The maximum Gasteiger partial charge on any atom is 0.303 e. The molecule has 1 saturated carbocycles. The van der Waals surface area contributed by atoms with Crippen LogP contribution in [-0.2, 0) is 4.79 Å². The van der Waals surface area contributed by atoms with Crippen molar-refractivity contribution < 1.29 is 20.1 Å². The average molecular weight is 146 g/mol. The molecule has 0 spiro atoms. The highest BCUT2D eigenvalue weighted by atomic mass is 16.5. The van der Waals surface area contributed by atoms with Gasteiger partial charge in [0.25, 0.3) is 0 Å². The molecule has 3 N–H and O–H groups in total. The molecule has 0 bridgehead atoms. The molecule has 1 unspecified atom stereocenters. The quantitative estimate of drug-likeness (QED) is 0.471. The topological polar surface area (TPSA) is 77.8 Å². The third kappa shape index (κ3) is 1.68. The predicted octanol–water partition coefficient (Wildman–Crippen LogP) is -0.448. The number of carbonyl (C=O) groups is 1. The first-order valence-electron chi connectivity index (χ1n) is 3.19. The van der Waals surface area contributed by atoms with Gasteiger partial charge in [-0.25, -0.2) is 0 Å². The Morgan fingerprint density at radius 1 is 1.60 bits per heavy atom. The number of aliphatic hydroxyl groups is 2. The van der Waals surface area contributed by atoms with E-state index in [1.165, 1.54) is 0 Å². The fourth-order valence-electron chi connectivity index (χ4n) is 0.935. The van der Waals surface area contributed by atoms with Crippen molar-refractivity contribution in [2.24, 2.45) is 5.92 Å². The molecule has 1 fully saturated rings. The van der Waals surface area contributed by atoms with Gasteiger partial charge < -0.3 is 15.3 Å². The molecule has 0 aliphatic heterocycles. The minimum Gasteiger partial charge on any atom is -0.481 e. The summed E-state index contributed by atoms with van der Waals surface area (Å²) in [6.45, 7) is 0. The van der Waals surface area contributed by atoms with Crippen molar-refractivity contribution in [3.63, 3.8) is 0 Å². The summed E-state index contributed by atoms with van der Waals surface area (Å²) in [4.78, 5) is 9.98. The highest BCUT2D eigenvalue weighted by Gasteiger charge is 2.51. The number of rotatable bonds is 3. The molecule has 0 aromatic rings. The number of hydrogen-bond acceptors (Lipinski definition) is 3. The van der Waals surface area contributed by atoms with E-state index in [0.717, 1.165) is 0 Å². The Labute approximate surface area is 58.1 Å². The molecule has 0 heterocycles. The molecule has 0 amide bonds. The van der Waals surface area contributed by atoms with Crippen LogP contribution in [-0.4, -0.2) is 27.1 Å². The molecule has 1 aliphatic rings. The zero-order valence-electron chi connectivity index (χ0n) is 5.45. The van der Waals surface area contributed by atoms with Crippen molar-refractivity contribution in [2.75, 3.05) is 0 Å². The first-order chi connectivity index (χ1) is 4.52. The molecule has 1 atom stereocenters. The van der Waals surface area contributed by atoms with Crippen LogP contribution in [0, 0.1) is 5.92 Å². The van der Waals surface area contributed by atoms with Crippen molar-refractivity contribution in [3.05, 3.63) is 0 Å². The third-order valence-electron chi connectivity index (χ3n) is 1.75. The molecule has 0 saturated heterocycles. The highest BCUT2D eigenvalue weighted by Crippen LogP contribution is 2.43. The second-order valence-electron chi connectivity index (χ2n) is 2.71. The van der Waals surface area contributed by atoms with Crippen LogP contribution >= 0.6 is 0 Å². The van der Waals surface area contributed by atoms with Gasteiger partial charge in [-0.2, -0.15) is 0 Å². The first-order valence-corrected chi connectivity index (χ1v) is 3.19. The van der Waals surface area contributed by atoms with Crippen LogP contribution < -0.4 is 0 Å². The van der Waals surface area contributed by atoms with E-state index in [0.29, 0.717) is 12.8 Å². The fraction of sp³-hybridized carbons (Fsp3) is 0.833. The smallest absolute Gasteiger partial charge is 0.303 e. The lowest BCUT2D eigenvalue weighted by atomic mass is 10.2. The second-order valence-corrected chi connectivity index (χ2v) is 2.71. The Hall–Kier alpha value is -0.610. The summed E-state index contributed by atoms with van der Waals surface area (Å²) in [6.07, 6.45) is 0.705. The van der Waals surface area contributed by atoms with E-state index in [-0.39, 0.29) is 12.3 Å². The van der Waals surface area contributed by atoms with Crippen LogP contribution in [0.15, 0.2) is 0 Å².